The molecule has 1 aromatic carbocycles. The van der Waals surface area contributed by atoms with Gasteiger partial charge in [0.25, 0.3) is 5.91 Å². The summed E-state index contributed by atoms with van der Waals surface area (Å²) in [6.07, 6.45) is 2.00. The number of carbonyl (C=O) groups is 1. The number of benzene rings is 1. The van der Waals surface area contributed by atoms with Gasteiger partial charge >= 0.3 is 0 Å². The number of hydrogen-bond donors (Lipinski definition) is 1. The minimum Gasteiger partial charge on any atom is -0.459 e. The Morgan fingerprint density at radius 2 is 1.96 bits per heavy atom. The van der Waals surface area contributed by atoms with E-state index in [2.05, 4.69) is 5.32 Å². The molecule has 1 heterocycles. The molecule has 2 aromatic rings. The Morgan fingerprint density at radius 3 is 2.67 bits per heavy atom. The summed E-state index contributed by atoms with van der Waals surface area (Å²) in [5.41, 5.74) is 0.348. The Morgan fingerprint density at radius 1 is 1.21 bits per heavy atom. The van der Waals surface area contributed by atoms with Crippen molar-refractivity contribution in [3.05, 3.63) is 54.0 Å². The lowest BCUT2D eigenvalue weighted by Gasteiger charge is -2.06. The summed E-state index contributed by atoms with van der Waals surface area (Å²) in [4.78, 5) is 12.4. The Bertz CT molecular complexity index is 752. The summed E-state index contributed by atoms with van der Waals surface area (Å²) in [5.74, 6) is -0.671. The highest BCUT2D eigenvalue weighted by molar-refractivity contribution is 7.90. The standard InChI is InChI=1S/C17H21NO5S/c1-2-22-11-6-10-18-17(19)16-14(9-12-23-16)13-24(20,21)15-7-4-3-5-8-15/h3-5,7-9,12H,2,6,10-11,13H2,1H3,(H,18,19). The van der Waals surface area contributed by atoms with Crippen molar-refractivity contribution in [2.45, 2.75) is 24.0 Å². The molecule has 2 rings (SSSR count). The van der Waals surface area contributed by atoms with E-state index in [1.807, 2.05) is 6.92 Å². The first-order valence-electron chi connectivity index (χ1n) is 7.74. The molecular weight excluding hydrogens is 330 g/mol. The summed E-state index contributed by atoms with van der Waals surface area (Å²) >= 11 is 0. The minimum absolute atomic E-state index is 0.0333. The monoisotopic (exact) mass is 351 g/mol. The second-order valence-corrected chi connectivity index (χ2v) is 7.14. The summed E-state index contributed by atoms with van der Waals surface area (Å²) in [6, 6.07) is 9.64. The molecular formula is C17H21NO5S. The predicted molar refractivity (Wildman–Crippen MR) is 89.5 cm³/mol. The quantitative estimate of drug-likeness (QED) is 0.701. The average Bonchev–Trinajstić information content (AvgIpc) is 3.03. The highest BCUT2D eigenvalue weighted by atomic mass is 32.2. The second-order valence-electron chi connectivity index (χ2n) is 5.15. The second kappa shape index (κ2) is 8.65. The van der Waals surface area contributed by atoms with Crippen molar-refractivity contribution in [1.29, 1.82) is 0 Å². The molecule has 0 atom stereocenters. The number of sulfone groups is 1. The number of carbonyl (C=O) groups excluding carboxylic acids is 1. The van der Waals surface area contributed by atoms with Gasteiger partial charge in [0.15, 0.2) is 15.6 Å². The van der Waals surface area contributed by atoms with Crippen molar-refractivity contribution >= 4 is 15.7 Å². The van der Waals surface area contributed by atoms with E-state index in [0.29, 0.717) is 31.7 Å². The molecule has 0 saturated heterocycles. The van der Waals surface area contributed by atoms with Crippen LogP contribution in [0.15, 0.2) is 52.0 Å². The first kappa shape index (κ1) is 18.2. The van der Waals surface area contributed by atoms with Crippen LogP contribution in [0.25, 0.3) is 0 Å². The third-order valence-corrected chi connectivity index (χ3v) is 5.04. The van der Waals surface area contributed by atoms with Gasteiger partial charge in [0.1, 0.15) is 0 Å². The molecule has 6 nitrogen and oxygen atoms in total. The fourth-order valence-electron chi connectivity index (χ4n) is 2.17. The van der Waals surface area contributed by atoms with Gasteiger partial charge in [0.2, 0.25) is 0 Å². The van der Waals surface area contributed by atoms with E-state index in [-0.39, 0.29) is 16.4 Å². The van der Waals surface area contributed by atoms with Crippen molar-refractivity contribution in [3.8, 4) is 0 Å². The van der Waals surface area contributed by atoms with Crippen LogP contribution in [0, 0.1) is 0 Å². The van der Waals surface area contributed by atoms with Gasteiger partial charge in [-0.1, -0.05) is 18.2 Å². The molecule has 0 unspecified atom stereocenters. The summed E-state index contributed by atoms with van der Waals surface area (Å²) in [6.45, 7) is 3.53. The van der Waals surface area contributed by atoms with Gasteiger partial charge < -0.3 is 14.5 Å². The van der Waals surface area contributed by atoms with Crippen LogP contribution in [0.5, 0.6) is 0 Å². The van der Waals surface area contributed by atoms with Crippen LogP contribution in [0.2, 0.25) is 0 Å². The van der Waals surface area contributed by atoms with Crippen LogP contribution in [0.3, 0.4) is 0 Å². The molecule has 1 N–H and O–H groups in total. The molecule has 0 aliphatic rings. The number of nitrogens with one attached hydrogen (secondary N) is 1. The van der Waals surface area contributed by atoms with Crippen LogP contribution in [-0.2, 0) is 20.3 Å². The normalized spacial score (nSPS) is 11.4. The fraction of sp³-hybridized carbons (Fsp3) is 0.353. The summed E-state index contributed by atoms with van der Waals surface area (Å²) < 4.78 is 35.2. The molecule has 1 amide bonds. The first-order valence-corrected chi connectivity index (χ1v) is 9.40. The molecule has 0 aliphatic carbocycles. The van der Waals surface area contributed by atoms with Crippen molar-refractivity contribution in [1.82, 2.24) is 5.32 Å². The van der Waals surface area contributed by atoms with Gasteiger partial charge in [-0.3, -0.25) is 4.79 Å². The van der Waals surface area contributed by atoms with Crippen LogP contribution < -0.4 is 5.32 Å². The number of hydrogen-bond acceptors (Lipinski definition) is 5. The van der Waals surface area contributed by atoms with Crippen molar-refractivity contribution < 1.29 is 22.4 Å². The zero-order valence-electron chi connectivity index (χ0n) is 13.5. The highest BCUT2D eigenvalue weighted by Gasteiger charge is 2.22. The van der Waals surface area contributed by atoms with Gasteiger partial charge in [-0.15, -0.1) is 0 Å². The zero-order chi connectivity index (χ0) is 17.4. The first-order chi connectivity index (χ1) is 11.5. The molecule has 0 bridgehead atoms. The van der Waals surface area contributed by atoms with Crippen LogP contribution in [-0.4, -0.2) is 34.1 Å². The van der Waals surface area contributed by atoms with Gasteiger partial charge in [-0.05, 0) is 31.5 Å². The number of furan rings is 1. The molecule has 0 spiro atoms. The topological polar surface area (TPSA) is 85.6 Å². The molecule has 0 radical (unpaired) electrons. The third kappa shape index (κ3) is 4.94. The molecule has 130 valence electrons. The lowest BCUT2D eigenvalue weighted by molar-refractivity contribution is 0.0916. The smallest absolute Gasteiger partial charge is 0.287 e. The van der Waals surface area contributed by atoms with Crippen molar-refractivity contribution in [2.75, 3.05) is 19.8 Å². The van der Waals surface area contributed by atoms with Gasteiger partial charge in [0.05, 0.1) is 16.9 Å². The van der Waals surface area contributed by atoms with Crippen LogP contribution in [0.1, 0.15) is 29.5 Å². The fourth-order valence-corrected chi connectivity index (χ4v) is 3.54. The Hall–Kier alpha value is -2.12. The van der Waals surface area contributed by atoms with Gasteiger partial charge in [0, 0.05) is 25.3 Å². The highest BCUT2D eigenvalue weighted by Crippen LogP contribution is 2.19. The SMILES string of the molecule is CCOCCCNC(=O)c1occc1CS(=O)(=O)c1ccccc1. The number of amides is 1. The van der Waals surface area contributed by atoms with E-state index < -0.39 is 15.7 Å². The van der Waals surface area contributed by atoms with E-state index >= 15 is 0 Å². The molecule has 24 heavy (non-hydrogen) atoms. The Labute approximate surface area is 141 Å². The largest absolute Gasteiger partial charge is 0.459 e. The lowest BCUT2D eigenvalue weighted by atomic mass is 10.2. The van der Waals surface area contributed by atoms with Crippen molar-refractivity contribution in [3.63, 3.8) is 0 Å². The third-order valence-electron chi connectivity index (χ3n) is 3.36. The maximum atomic E-state index is 12.4. The van der Waals surface area contributed by atoms with Crippen molar-refractivity contribution in [2.24, 2.45) is 0 Å². The van der Waals surface area contributed by atoms with Gasteiger partial charge in [-0.25, -0.2) is 8.42 Å². The van der Waals surface area contributed by atoms with Crippen LogP contribution >= 0.6 is 0 Å². The van der Waals surface area contributed by atoms with E-state index in [4.69, 9.17) is 9.15 Å². The Balaban J connectivity index is 2.01. The molecule has 0 saturated carbocycles. The van der Waals surface area contributed by atoms with E-state index in [1.54, 1.807) is 18.2 Å². The molecule has 7 heteroatoms. The average molecular weight is 351 g/mol. The zero-order valence-corrected chi connectivity index (χ0v) is 14.3. The number of rotatable bonds is 9. The van der Waals surface area contributed by atoms with E-state index in [1.165, 1.54) is 24.5 Å². The van der Waals surface area contributed by atoms with Crippen LogP contribution in [0.4, 0.5) is 0 Å². The van der Waals surface area contributed by atoms with E-state index in [9.17, 15) is 13.2 Å². The van der Waals surface area contributed by atoms with Gasteiger partial charge in [-0.2, -0.15) is 0 Å². The minimum atomic E-state index is -3.53. The summed E-state index contributed by atoms with van der Waals surface area (Å²) in [7, 11) is -3.53. The number of ether oxygens (including phenoxy) is 1. The molecule has 1 aromatic heterocycles. The summed E-state index contributed by atoms with van der Waals surface area (Å²) in [5, 5.41) is 2.70. The Kier molecular flexibility index (Phi) is 6.57. The molecule has 0 aliphatic heterocycles. The maximum Gasteiger partial charge on any atom is 0.287 e. The van der Waals surface area contributed by atoms with E-state index in [0.717, 1.165) is 0 Å². The lowest BCUT2D eigenvalue weighted by Crippen LogP contribution is -2.26. The predicted octanol–water partition coefficient (Wildman–Crippen LogP) is 2.41. The maximum absolute atomic E-state index is 12.4. The molecule has 0 fully saturated rings.